The molecule has 0 N–H and O–H groups in total. The third-order valence-electron chi connectivity index (χ3n) is 4.81. The highest BCUT2D eigenvalue weighted by Gasteiger charge is 2.17. The molecule has 0 radical (unpaired) electrons. The molecule has 5 aromatic rings. The molecule has 2 heterocycles. The molecule has 0 fully saturated rings. The Labute approximate surface area is 162 Å². The van der Waals surface area contributed by atoms with E-state index < -0.39 is 0 Å². The van der Waals surface area contributed by atoms with Crippen molar-refractivity contribution in [3.63, 3.8) is 0 Å². The summed E-state index contributed by atoms with van der Waals surface area (Å²) in [6.07, 6.45) is 0. The van der Waals surface area contributed by atoms with E-state index in [0.29, 0.717) is 12.2 Å². The predicted octanol–water partition coefficient (Wildman–Crippen LogP) is 4.70. The number of benzene rings is 3. The van der Waals surface area contributed by atoms with Crippen molar-refractivity contribution >= 4 is 22.3 Å². The van der Waals surface area contributed by atoms with Gasteiger partial charge in [0.05, 0.1) is 24.7 Å². The van der Waals surface area contributed by atoms with E-state index in [1.165, 1.54) is 0 Å². The van der Waals surface area contributed by atoms with Gasteiger partial charge in [-0.1, -0.05) is 60.7 Å². The van der Waals surface area contributed by atoms with Crippen molar-refractivity contribution in [3.05, 3.63) is 84.4 Å². The minimum Gasteiger partial charge on any atom is -0.496 e. The first-order valence-corrected chi connectivity index (χ1v) is 9.14. The highest BCUT2D eigenvalue weighted by Crippen LogP contribution is 2.27. The van der Waals surface area contributed by atoms with E-state index in [0.717, 1.165) is 39.4 Å². The molecular formula is C23H18N4O. The van der Waals surface area contributed by atoms with Gasteiger partial charge in [0.2, 0.25) is 0 Å². The van der Waals surface area contributed by atoms with Gasteiger partial charge in [0.1, 0.15) is 11.6 Å². The molecule has 136 valence electrons. The largest absolute Gasteiger partial charge is 0.496 e. The molecule has 0 aliphatic heterocycles. The maximum atomic E-state index is 5.55. The van der Waals surface area contributed by atoms with Crippen LogP contribution < -0.4 is 4.74 Å². The molecule has 5 nitrogen and oxygen atoms in total. The quantitative estimate of drug-likeness (QED) is 0.462. The summed E-state index contributed by atoms with van der Waals surface area (Å²) >= 11 is 0. The lowest BCUT2D eigenvalue weighted by atomic mass is 10.2. The van der Waals surface area contributed by atoms with Gasteiger partial charge in [-0.3, -0.25) is 0 Å². The SMILES string of the molecule is COc1ccccc1Cn1c(-c2ccccc2)nc2nc3ccccc3nc21. The van der Waals surface area contributed by atoms with Crippen LogP contribution in [0.25, 0.3) is 33.7 Å². The zero-order chi connectivity index (χ0) is 18.9. The molecule has 0 saturated heterocycles. The van der Waals surface area contributed by atoms with Crippen molar-refractivity contribution in [3.8, 4) is 17.1 Å². The molecule has 2 aromatic heterocycles. The van der Waals surface area contributed by atoms with Gasteiger partial charge in [-0.25, -0.2) is 15.0 Å². The number of para-hydroxylation sites is 3. The third-order valence-corrected chi connectivity index (χ3v) is 4.81. The fourth-order valence-corrected chi connectivity index (χ4v) is 3.46. The Morgan fingerprint density at radius 1 is 0.750 bits per heavy atom. The van der Waals surface area contributed by atoms with E-state index in [4.69, 9.17) is 19.7 Å². The summed E-state index contributed by atoms with van der Waals surface area (Å²) in [4.78, 5) is 14.4. The van der Waals surface area contributed by atoms with E-state index in [9.17, 15) is 0 Å². The lowest BCUT2D eigenvalue weighted by molar-refractivity contribution is 0.408. The second-order valence-electron chi connectivity index (χ2n) is 6.56. The zero-order valence-electron chi connectivity index (χ0n) is 15.4. The lowest BCUT2D eigenvalue weighted by Crippen LogP contribution is -2.05. The van der Waals surface area contributed by atoms with E-state index in [1.54, 1.807) is 7.11 Å². The molecule has 0 aliphatic rings. The number of imidazole rings is 1. The van der Waals surface area contributed by atoms with E-state index >= 15 is 0 Å². The molecule has 5 rings (SSSR count). The first-order valence-electron chi connectivity index (χ1n) is 9.14. The van der Waals surface area contributed by atoms with Crippen molar-refractivity contribution in [2.75, 3.05) is 7.11 Å². The highest BCUT2D eigenvalue weighted by molar-refractivity contribution is 5.85. The molecule has 5 heteroatoms. The van der Waals surface area contributed by atoms with Crippen LogP contribution in [0.4, 0.5) is 0 Å². The smallest absolute Gasteiger partial charge is 0.198 e. The van der Waals surface area contributed by atoms with Crippen molar-refractivity contribution in [2.45, 2.75) is 6.54 Å². The molecule has 0 spiro atoms. The molecule has 0 bridgehead atoms. The summed E-state index contributed by atoms with van der Waals surface area (Å²) in [6.45, 7) is 0.595. The first kappa shape index (κ1) is 16.4. The number of hydrogen-bond donors (Lipinski definition) is 0. The van der Waals surface area contributed by atoms with Gasteiger partial charge in [-0.2, -0.15) is 0 Å². The summed E-state index contributed by atoms with van der Waals surface area (Å²) in [5, 5.41) is 0. The summed E-state index contributed by atoms with van der Waals surface area (Å²) in [5.41, 5.74) is 5.21. The van der Waals surface area contributed by atoms with Crippen molar-refractivity contribution in [2.24, 2.45) is 0 Å². The standard InChI is InChI=1S/C23H18N4O/c1-28-20-14-8-5-11-17(20)15-27-22(16-9-3-2-4-10-16)26-21-23(27)25-19-13-7-6-12-18(19)24-21/h2-14H,15H2,1H3. The van der Waals surface area contributed by atoms with Crippen molar-refractivity contribution in [1.82, 2.24) is 19.5 Å². The van der Waals surface area contributed by atoms with Gasteiger partial charge < -0.3 is 9.30 Å². The van der Waals surface area contributed by atoms with Crippen LogP contribution in [-0.4, -0.2) is 26.6 Å². The second kappa shape index (κ2) is 6.78. The average molecular weight is 366 g/mol. The fourth-order valence-electron chi connectivity index (χ4n) is 3.46. The number of ether oxygens (including phenoxy) is 1. The van der Waals surface area contributed by atoms with Crippen LogP contribution >= 0.6 is 0 Å². The molecule has 0 unspecified atom stereocenters. The summed E-state index contributed by atoms with van der Waals surface area (Å²) in [6, 6.07) is 26.0. The Hall–Kier alpha value is -3.73. The second-order valence-corrected chi connectivity index (χ2v) is 6.56. The minimum atomic E-state index is 0.595. The van der Waals surface area contributed by atoms with Crippen LogP contribution in [0.15, 0.2) is 78.9 Å². The number of rotatable bonds is 4. The van der Waals surface area contributed by atoms with Crippen LogP contribution in [0.1, 0.15) is 5.56 Å². The summed E-state index contributed by atoms with van der Waals surface area (Å²) < 4.78 is 7.67. The molecule has 0 saturated carbocycles. The first-order chi connectivity index (χ1) is 13.8. The maximum absolute atomic E-state index is 5.55. The number of methoxy groups -OCH3 is 1. The van der Waals surface area contributed by atoms with Gasteiger partial charge in [0, 0.05) is 11.1 Å². The van der Waals surface area contributed by atoms with E-state index in [-0.39, 0.29) is 0 Å². The Morgan fingerprint density at radius 3 is 2.21 bits per heavy atom. The van der Waals surface area contributed by atoms with Gasteiger partial charge in [0.25, 0.3) is 0 Å². The van der Waals surface area contributed by atoms with E-state index in [2.05, 4.69) is 22.8 Å². The van der Waals surface area contributed by atoms with Crippen LogP contribution in [-0.2, 0) is 6.54 Å². The Balaban J connectivity index is 1.77. The summed E-state index contributed by atoms with van der Waals surface area (Å²) in [5.74, 6) is 1.69. The third kappa shape index (κ3) is 2.77. The van der Waals surface area contributed by atoms with Crippen LogP contribution in [0.2, 0.25) is 0 Å². The number of fused-ring (bicyclic) bond motifs is 2. The maximum Gasteiger partial charge on any atom is 0.198 e. The highest BCUT2D eigenvalue weighted by atomic mass is 16.5. The molecule has 0 aliphatic carbocycles. The van der Waals surface area contributed by atoms with Crippen LogP contribution in [0.3, 0.4) is 0 Å². The van der Waals surface area contributed by atoms with Crippen molar-refractivity contribution in [1.29, 1.82) is 0 Å². The number of nitrogens with zero attached hydrogens (tertiary/aromatic N) is 4. The van der Waals surface area contributed by atoms with Gasteiger partial charge in [0.15, 0.2) is 11.3 Å². The Bertz CT molecular complexity index is 1280. The Kier molecular flexibility index (Phi) is 3.98. The van der Waals surface area contributed by atoms with Crippen molar-refractivity contribution < 1.29 is 4.74 Å². The van der Waals surface area contributed by atoms with E-state index in [1.807, 2.05) is 60.7 Å². The predicted molar refractivity (Wildman–Crippen MR) is 110 cm³/mol. The molecule has 28 heavy (non-hydrogen) atoms. The molecule has 0 atom stereocenters. The monoisotopic (exact) mass is 366 g/mol. The molecule has 0 amide bonds. The van der Waals surface area contributed by atoms with Crippen LogP contribution in [0, 0.1) is 0 Å². The average Bonchev–Trinajstić information content (AvgIpc) is 3.10. The normalized spacial score (nSPS) is 11.2. The minimum absolute atomic E-state index is 0.595. The molecule has 3 aromatic carbocycles. The number of aromatic nitrogens is 4. The Morgan fingerprint density at radius 2 is 1.43 bits per heavy atom. The van der Waals surface area contributed by atoms with Gasteiger partial charge >= 0.3 is 0 Å². The van der Waals surface area contributed by atoms with Gasteiger partial charge in [-0.05, 0) is 18.2 Å². The topological polar surface area (TPSA) is 52.8 Å². The van der Waals surface area contributed by atoms with Crippen LogP contribution in [0.5, 0.6) is 5.75 Å². The summed E-state index contributed by atoms with van der Waals surface area (Å²) in [7, 11) is 1.69. The molecular weight excluding hydrogens is 348 g/mol. The zero-order valence-corrected chi connectivity index (χ0v) is 15.4. The lowest BCUT2D eigenvalue weighted by Gasteiger charge is -2.12. The fraction of sp³-hybridized carbons (Fsp3) is 0.0870. The number of hydrogen-bond acceptors (Lipinski definition) is 4. The van der Waals surface area contributed by atoms with Gasteiger partial charge in [-0.15, -0.1) is 0 Å².